The Morgan fingerprint density at radius 2 is 1.59 bits per heavy atom. The van der Waals surface area contributed by atoms with Crippen molar-refractivity contribution in [2.24, 2.45) is 0 Å². The van der Waals surface area contributed by atoms with Gasteiger partial charge in [0, 0.05) is 37.9 Å². The van der Waals surface area contributed by atoms with E-state index in [4.69, 9.17) is 9.47 Å². The smallest absolute Gasteiger partial charge is 0.246 e. The van der Waals surface area contributed by atoms with Gasteiger partial charge in [-0.25, -0.2) is 8.42 Å². The molecule has 0 radical (unpaired) electrons. The van der Waals surface area contributed by atoms with Crippen molar-refractivity contribution in [2.45, 2.75) is 18.2 Å². The Kier molecular flexibility index (Phi) is 5.92. The van der Waals surface area contributed by atoms with Gasteiger partial charge >= 0.3 is 0 Å². The summed E-state index contributed by atoms with van der Waals surface area (Å²) in [6, 6.07) is 13.2. The van der Waals surface area contributed by atoms with E-state index < -0.39 is 10.0 Å². The zero-order valence-electron chi connectivity index (χ0n) is 16.0. The van der Waals surface area contributed by atoms with E-state index in [0.29, 0.717) is 37.7 Å². The van der Waals surface area contributed by atoms with Gasteiger partial charge in [0.05, 0.1) is 14.2 Å². The van der Waals surface area contributed by atoms with Gasteiger partial charge in [-0.3, -0.25) is 0 Å². The Balaban J connectivity index is 1.74. The lowest BCUT2D eigenvalue weighted by Gasteiger charge is -2.35. The molecule has 0 unspecified atom stereocenters. The van der Waals surface area contributed by atoms with Crippen molar-refractivity contribution in [1.29, 1.82) is 0 Å². The van der Waals surface area contributed by atoms with Gasteiger partial charge in [-0.05, 0) is 36.2 Å². The lowest BCUT2D eigenvalue weighted by Crippen LogP contribution is -2.48. The van der Waals surface area contributed by atoms with Crippen LogP contribution >= 0.6 is 0 Å². The van der Waals surface area contributed by atoms with E-state index in [9.17, 15) is 8.42 Å². The van der Waals surface area contributed by atoms with E-state index in [1.807, 2.05) is 0 Å². The predicted octanol–water partition coefficient (Wildman–Crippen LogP) is 2.78. The van der Waals surface area contributed by atoms with Crippen molar-refractivity contribution in [2.75, 3.05) is 45.3 Å². The Labute approximate surface area is 161 Å². The zero-order valence-corrected chi connectivity index (χ0v) is 16.8. The highest BCUT2D eigenvalue weighted by Crippen LogP contribution is 2.31. The van der Waals surface area contributed by atoms with Crippen LogP contribution in [0.4, 0.5) is 5.69 Å². The van der Waals surface area contributed by atoms with Crippen LogP contribution in [0.1, 0.15) is 12.5 Å². The van der Waals surface area contributed by atoms with E-state index in [0.717, 1.165) is 12.1 Å². The first-order chi connectivity index (χ1) is 13.0. The van der Waals surface area contributed by atoms with Crippen LogP contribution < -0.4 is 14.4 Å². The first-order valence-electron chi connectivity index (χ1n) is 9.05. The molecule has 2 aromatic rings. The highest BCUT2D eigenvalue weighted by molar-refractivity contribution is 7.89. The summed E-state index contributed by atoms with van der Waals surface area (Å²) >= 11 is 0. The highest BCUT2D eigenvalue weighted by Gasteiger charge is 2.31. The van der Waals surface area contributed by atoms with E-state index in [2.05, 4.69) is 36.1 Å². The van der Waals surface area contributed by atoms with Crippen LogP contribution in [0.25, 0.3) is 0 Å². The number of benzene rings is 2. The number of aryl methyl sites for hydroxylation is 1. The summed E-state index contributed by atoms with van der Waals surface area (Å²) < 4.78 is 38.1. The van der Waals surface area contributed by atoms with Crippen LogP contribution in [0.3, 0.4) is 0 Å². The number of piperazine rings is 1. The molecule has 0 bridgehead atoms. The van der Waals surface area contributed by atoms with Crippen LogP contribution in [0, 0.1) is 0 Å². The maximum atomic E-state index is 13.1. The molecule has 0 aliphatic carbocycles. The average Bonchev–Trinajstić information content (AvgIpc) is 2.73. The van der Waals surface area contributed by atoms with Crippen LogP contribution in [0.15, 0.2) is 47.4 Å². The molecule has 1 heterocycles. The van der Waals surface area contributed by atoms with E-state index in [1.165, 1.54) is 24.1 Å². The number of methoxy groups -OCH3 is 2. The number of ether oxygens (including phenoxy) is 2. The second-order valence-corrected chi connectivity index (χ2v) is 8.33. The number of hydrogen-bond acceptors (Lipinski definition) is 5. The molecule has 0 amide bonds. The fourth-order valence-electron chi connectivity index (χ4n) is 3.26. The van der Waals surface area contributed by atoms with Crippen molar-refractivity contribution in [3.8, 4) is 11.5 Å². The third-order valence-corrected chi connectivity index (χ3v) is 6.88. The first-order valence-corrected chi connectivity index (χ1v) is 10.5. The molecule has 0 spiro atoms. The summed E-state index contributed by atoms with van der Waals surface area (Å²) in [6.07, 6.45) is 1.01. The van der Waals surface area contributed by atoms with Crippen LogP contribution in [-0.4, -0.2) is 53.1 Å². The van der Waals surface area contributed by atoms with Gasteiger partial charge in [-0.15, -0.1) is 0 Å². The molecule has 0 atom stereocenters. The lowest BCUT2D eigenvalue weighted by atomic mass is 10.1. The zero-order chi connectivity index (χ0) is 19.4. The molecular formula is C20H26N2O4S. The molecule has 7 heteroatoms. The Hall–Kier alpha value is -2.25. The van der Waals surface area contributed by atoms with E-state index in [1.54, 1.807) is 18.2 Å². The quantitative estimate of drug-likeness (QED) is 0.759. The minimum atomic E-state index is -3.62. The van der Waals surface area contributed by atoms with Gasteiger partial charge in [0.2, 0.25) is 10.0 Å². The first kappa shape index (κ1) is 19.5. The molecule has 0 aromatic heterocycles. The average molecular weight is 391 g/mol. The van der Waals surface area contributed by atoms with E-state index in [-0.39, 0.29) is 4.90 Å². The van der Waals surface area contributed by atoms with Gasteiger partial charge in [-0.1, -0.05) is 19.1 Å². The summed E-state index contributed by atoms with van der Waals surface area (Å²) in [5, 5.41) is 0. The van der Waals surface area contributed by atoms with Crippen LogP contribution in [0.2, 0.25) is 0 Å². The van der Waals surface area contributed by atoms with Gasteiger partial charge in [0.15, 0.2) is 0 Å². The molecule has 27 heavy (non-hydrogen) atoms. The number of hydrogen-bond donors (Lipinski definition) is 0. The molecule has 6 nitrogen and oxygen atoms in total. The summed E-state index contributed by atoms with van der Waals surface area (Å²) in [6.45, 7) is 4.32. The summed E-state index contributed by atoms with van der Waals surface area (Å²) in [5.41, 5.74) is 2.43. The topological polar surface area (TPSA) is 59.1 Å². The third-order valence-electron chi connectivity index (χ3n) is 4.94. The highest BCUT2D eigenvalue weighted by atomic mass is 32.2. The number of sulfonamides is 1. The monoisotopic (exact) mass is 390 g/mol. The molecule has 0 saturated carbocycles. The third kappa shape index (κ3) is 4.04. The molecule has 1 aliphatic heterocycles. The SMILES string of the molecule is CCc1ccc(N2CCN(S(=O)(=O)c3ccc(OC)cc3OC)CC2)cc1. The number of rotatable bonds is 6. The second-order valence-electron chi connectivity index (χ2n) is 6.43. The Morgan fingerprint density at radius 1 is 0.926 bits per heavy atom. The fraction of sp³-hybridized carbons (Fsp3) is 0.400. The second kappa shape index (κ2) is 8.19. The van der Waals surface area contributed by atoms with Crippen molar-refractivity contribution in [3.05, 3.63) is 48.0 Å². The molecule has 2 aromatic carbocycles. The largest absolute Gasteiger partial charge is 0.497 e. The molecule has 1 fully saturated rings. The van der Waals surface area contributed by atoms with Crippen molar-refractivity contribution in [3.63, 3.8) is 0 Å². The fourth-order valence-corrected chi connectivity index (χ4v) is 4.81. The molecule has 146 valence electrons. The molecule has 3 rings (SSSR count). The molecule has 1 saturated heterocycles. The number of nitrogens with zero attached hydrogens (tertiary/aromatic N) is 2. The minimum Gasteiger partial charge on any atom is -0.497 e. The predicted molar refractivity (Wildman–Crippen MR) is 106 cm³/mol. The lowest BCUT2D eigenvalue weighted by molar-refractivity contribution is 0.370. The maximum Gasteiger partial charge on any atom is 0.246 e. The molecule has 1 aliphatic rings. The maximum absolute atomic E-state index is 13.1. The van der Waals surface area contributed by atoms with Gasteiger partial charge in [-0.2, -0.15) is 4.31 Å². The number of anilines is 1. The normalized spacial score (nSPS) is 15.6. The minimum absolute atomic E-state index is 0.173. The summed E-state index contributed by atoms with van der Waals surface area (Å²) in [7, 11) is -0.619. The van der Waals surface area contributed by atoms with Crippen molar-refractivity contribution in [1.82, 2.24) is 4.31 Å². The van der Waals surface area contributed by atoms with Gasteiger partial charge < -0.3 is 14.4 Å². The Bertz CT molecular complexity index is 873. The van der Waals surface area contributed by atoms with E-state index >= 15 is 0 Å². The summed E-state index contributed by atoms with van der Waals surface area (Å²) in [5.74, 6) is 0.859. The summed E-state index contributed by atoms with van der Waals surface area (Å²) in [4.78, 5) is 2.39. The Morgan fingerprint density at radius 3 is 2.15 bits per heavy atom. The molecular weight excluding hydrogens is 364 g/mol. The van der Waals surface area contributed by atoms with Gasteiger partial charge in [0.25, 0.3) is 0 Å². The van der Waals surface area contributed by atoms with Crippen LogP contribution in [-0.2, 0) is 16.4 Å². The van der Waals surface area contributed by atoms with Crippen molar-refractivity contribution >= 4 is 15.7 Å². The molecule has 0 N–H and O–H groups in total. The van der Waals surface area contributed by atoms with Crippen molar-refractivity contribution < 1.29 is 17.9 Å². The van der Waals surface area contributed by atoms with Gasteiger partial charge in [0.1, 0.15) is 16.4 Å². The standard InChI is InChI=1S/C20H26N2O4S/c1-4-16-5-7-17(8-6-16)21-11-13-22(14-12-21)27(23,24)20-10-9-18(25-2)15-19(20)26-3/h5-10,15H,4,11-14H2,1-3H3. The van der Waals surface area contributed by atoms with Crippen LogP contribution in [0.5, 0.6) is 11.5 Å².